The second-order valence-electron chi connectivity index (χ2n) is 3.95. The molecule has 0 aliphatic rings. The Kier molecular flexibility index (Phi) is 3.73. The molecule has 2 aromatic rings. The topological polar surface area (TPSA) is 111 Å². The van der Waals surface area contributed by atoms with Gasteiger partial charge < -0.3 is 4.42 Å². The van der Waals surface area contributed by atoms with E-state index < -0.39 is 0 Å². The number of rotatable bonds is 3. The van der Waals surface area contributed by atoms with Gasteiger partial charge in [0, 0.05) is 12.5 Å². The Bertz CT molecular complexity index is 731. The monoisotopic (exact) mass is 266 g/mol. The van der Waals surface area contributed by atoms with Crippen molar-refractivity contribution in [3.63, 3.8) is 0 Å². The highest BCUT2D eigenvalue weighted by Crippen LogP contribution is 2.24. The van der Waals surface area contributed by atoms with Crippen molar-refractivity contribution in [1.29, 1.82) is 10.5 Å². The molecular formula is C13H10N6O. The van der Waals surface area contributed by atoms with Crippen molar-refractivity contribution in [2.45, 2.75) is 13.8 Å². The van der Waals surface area contributed by atoms with Crippen LogP contribution >= 0.6 is 0 Å². The predicted molar refractivity (Wildman–Crippen MR) is 71.5 cm³/mol. The summed E-state index contributed by atoms with van der Waals surface area (Å²) in [6.45, 7) is 3.58. The first kappa shape index (κ1) is 13.2. The Balaban J connectivity index is 2.33. The highest BCUT2D eigenvalue weighted by molar-refractivity contribution is 6.10. The molecule has 0 atom stereocenters. The molecule has 2 rings (SSSR count). The van der Waals surface area contributed by atoms with E-state index in [0.29, 0.717) is 17.5 Å². The predicted octanol–water partition coefficient (Wildman–Crippen LogP) is 2.17. The molecule has 0 unspecified atom stereocenters. The zero-order chi connectivity index (χ0) is 14.5. The van der Waals surface area contributed by atoms with Crippen molar-refractivity contribution in [2.75, 3.05) is 5.43 Å². The molecule has 1 N–H and O–H groups in total. The van der Waals surface area contributed by atoms with Crippen LogP contribution in [0.3, 0.4) is 0 Å². The second-order valence-corrected chi connectivity index (χ2v) is 3.95. The second kappa shape index (κ2) is 5.63. The van der Waals surface area contributed by atoms with Crippen LogP contribution in [0, 0.1) is 36.5 Å². The van der Waals surface area contributed by atoms with Gasteiger partial charge in [0.15, 0.2) is 0 Å². The van der Waals surface area contributed by atoms with E-state index >= 15 is 0 Å². The van der Waals surface area contributed by atoms with E-state index in [2.05, 4.69) is 20.7 Å². The molecule has 0 aliphatic carbocycles. The summed E-state index contributed by atoms with van der Waals surface area (Å²) in [6.07, 6.45) is 0. The maximum atomic E-state index is 8.63. The Labute approximate surface area is 115 Å². The maximum absolute atomic E-state index is 8.63. The Hall–Kier alpha value is -3.19. The highest BCUT2D eigenvalue weighted by Gasteiger charge is 2.08. The van der Waals surface area contributed by atoms with Crippen molar-refractivity contribution in [3.8, 4) is 23.6 Å². The quantitative estimate of drug-likeness (QED) is 0.673. The zero-order valence-electron chi connectivity index (χ0n) is 10.9. The Morgan fingerprint density at radius 3 is 2.60 bits per heavy atom. The standard InChI is InChI=1S/C13H10N6O/c1-8-3-4-10(13-19-16-9(2)20-13)5-12(8)18-17-11(6-14)7-15/h3-5,18H,1-2H3. The molecule has 20 heavy (non-hydrogen) atoms. The van der Waals surface area contributed by atoms with Gasteiger partial charge in [0.05, 0.1) is 5.69 Å². The van der Waals surface area contributed by atoms with E-state index in [1.165, 1.54) is 0 Å². The van der Waals surface area contributed by atoms with Crippen LogP contribution in [0.5, 0.6) is 0 Å². The molecule has 0 aliphatic heterocycles. The highest BCUT2D eigenvalue weighted by atomic mass is 16.4. The summed E-state index contributed by atoms with van der Waals surface area (Å²) in [4.78, 5) is 0. The fourth-order valence-electron chi connectivity index (χ4n) is 1.48. The minimum atomic E-state index is -0.247. The van der Waals surface area contributed by atoms with Crippen LogP contribution in [0.15, 0.2) is 27.7 Å². The molecule has 0 amide bonds. The van der Waals surface area contributed by atoms with Crippen LogP contribution in [0.4, 0.5) is 5.69 Å². The number of hydrazone groups is 1. The first-order chi connectivity index (χ1) is 9.63. The fraction of sp³-hybridized carbons (Fsp3) is 0.154. The largest absolute Gasteiger partial charge is 0.421 e. The first-order valence-corrected chi connectivity index (χ1v) is 5.69. The lowest BCUT2D eigenvalue weighted by molar-refractivity contribution is 0.533. The van der Waals surface area contributed by atoms with Crippen LogP contribution in [0.2, 0.25) is 0 Å². The van der Waals surface area contributed by atoms with Gasteiger partial charge >= 0.3 is 0 Å². The molecule has 0 saturated heterocycles. The summed E-state index contributed by atoms with van der Waals surface area (Å²) in [6, 6.07) is 8.81. The van der Waals surface area contributed by atoms with Gasteiger partial charge in [-0.3, -0.25) is 5.43 Å². The van der Waals surface area contributed by atoms with Gasteiger partial charge in [0.1, 0.15) is 12.1 Å². The molecule has 98 valence electrons. The third-order valence-electron chi connectivity index (χ3n) is 2.51. The van der Waals surface area contributed by atoms with Crippen LogP contribution in [0.1, 0.15) is 11.5 Å². The molecular weight excluding hydrogens is 256 g/mol. The number of hydrogen-bond acceptors (Lipinski definition) is 7. The SMILES string of the molecule is Cc1nnc(-c2ccc(C)c(NN=C(C#N)C#N)c2)o1. The van der Waals surface area contributed by atoms with Gasteiger partial charge in [-0.2, -0.15) is 15.6 Å². The number of anilines is 1. The molecule has 0 radical (unpaired) electrons. The van der Waals surface area contributed by atoms with Crippen molar-refractivity contribution >= 4 is 11.4 Å². The van der Waals surface area contributed by atoms with Crippen molar-refractivity contribution < 1.29 is 4.42 Å². The maximum Gasteiger partial charge on any atom is 0.247 e. The summed E-state index contributed by atoms with van der Waals surface area (Å²) in [5, 5.41) is 28.7. The number of benzene rings is 1. The molecule has 7 heteroatoms. The van der Waals surface area contributed by atoms with Crippen LogP contribution in [-0.2, 0) is 0 Å². The number of nitrogens with one attached hydrogen (secondary N) is 1. The zero-order valence-corrected chi connectivity index (χ0v) is 10.9. The normalized spacial score (nSPS) is 9.40. The van der Waals surface area contributed by atoms with E-state index in [-0.39, 0.29) is 5.71 Å². The minimum Gasteiger partial charge on any atom is -0.421 e. The van der Waals surface area contributed by atoms with E-state index in [9.17, 15) is 0 Å². The third kappa shape index (κ3) is 2.79. The molecule has 0 saturated carbocycles. The number of aryl methyl sites for hydroxylation is 2. The van der Waals surface area contributed by atoms with E-state index in [0.717, 1.165) is 11.1 Å². The van der Waals surface area contributed by atoms with Crippen LogP contribution in [-0.4, -0.2) is 15.9 Å². The van der Waals surface area contributed by atoms with Gasteiger partial charge in [0.25, 0.3) is 0 Å². The molecule has 0 fully saturated rings. The van der Waals surface area contributed by atoms with Gasteiger partial charge in [0.2, 0.25) is 17.5 Å². The number of aromatic nitrogens is 2. The number of hydrogen-bond donors (Lipinski definition) is 1. The van der Waals surface area contributed by atoms with Crippen LogP contribution in [0.25, 0.3) is 11.5 Å². The first-order valence-electron chi connectivity index (χ1n) is 5.69. The molecule has 1 aromatic heterocycles. The van der Waals surface area contributed by atoms with Crippen molar-refractivity contribution in [2.24, 2.45) is 5.10 Å². The number of nitriles is 2. The van der Waals surface area contributed by atoms with E-state index in [1.807, 2.05) is 19.1 Å². The van der Waals surface area contributed by atoms with Crippen molar-refractivity contribution in [3.05, 3.63) is 29.7 Å². The molecule has 0 bridgehead atoms. The van der Waals surface area contributed by atoms with Gasteiger partial charge in [-0.1, -0.05) is 6.07 Å². The van der Waals surface area contributed by atoms with Gasteiger partial charge in [-0.25, -0.2) is 0 Å². The summed E-state index contributed by atoms with van der Waals surface area (Å²) < 4.78 is 5.34. The third-order valence-corrected chi connectivity index (χ3v) is 2.51. The van der Waals surface area contributed by atoms with Gasteiger partial charge in [-0.05, 0) is 24.6 Å². The van der Waals surface area contributed by atoms with Crippen LogP contribution < -0.4 is 5.43 Å². The average Bonchev–Trinajstić information content (AvgIpc) is 2.88. The van der Waals surface area contributed by atoms with Crippen molar-refractivity contribution in [1.82, 2.24) is 10.2 Å². The summed E-state index contributed by atoms with van der Waals surface area (Å²) in [7, 11) is 0. The molecule has 1 aromatic carbocycles. The molecule has 0 spiro atoms. The Morgan fingerprint density at radius 2 is 2.00 bits per heavy atom. The fourth-order valence-corrected chi connectivity index (χ4v) is 1.48. The lowest BCUT2D eigenvalue weighted by atomic mass is 10.1. The average molecular weight is 266 g/mol. The lowest BCUT2D eigenvalue weighted by Crippen LogP contribution is -1.98. The summed E-state index contributed by atoms with van der Waals surface area (Å²) in [5.41, 5.74) is 4.72. The smallest absolute Gasteiger partial charge is 0.247 e. The summed E-state index contributed by atoms with van der Waals surface area (Å²) in [5.74, 6) is 0.875. The summed E-state index contributed by atoms with van der Waals surface area (Å²) >= 11 is 0. The van der Waals surface area contributed by atoms with Gasteiger partial charge in [-0.15, -0.1) is 10.2 Å². The Morgan fingerprint density at radius 1 is 1.25 bits per heavy atom. The van der Waals surface area contributed by atoms with E-state index in [1.54, 1.807) is 25.1 Å². The number of nitrogens with zero attached hydrogens (tertiary/aromatic N) is 5. The molecule has 1 heterocycles. The molecule has 7 nitrogen and oxygen atoms in total. The minimum absolute atomic E-state index is 0.247. The van der Waals surface area contributed by atoms with E-state index in [4.69, 9.17) is 14.9 Å². The lowest BCUT2D eigenvalue weighted by Gasteiger charge is -2.05.